The van der Waals surface area contributed by atoms with Gasteiger partial charge in [-0.05, 0) is 32.3 Å². The summed E-state index contributed by atoms with van der Waals surface area (Å²) in [5.41, 5.74) is 0.558. The number of nitrogens with one attached hydrogen (secondary N) is 1. The summed E-state index contributed by atoms with van der Waals surface area (Å²) >= 11 is 0. The molecule has 9 nitrogen and oxygen atoms in total. The quantitative estimate of drug-likeness (QED) is 0.552. The number of hydrogen-bond acceptors (Lipinski definition) is 8. The highest BCUT2D eigenvalue weighted by Gasteiger charge is 2.73. The number of hydrogen-bond donors (Lipinski definition) is 1. The van der Waals surface area contributed by atoms with Gasteiger partial charge < -0.3 is 18.9 Å². The lowest BCUT2D eigenvalue weighted by atomic mass is 9.81. The molecule has 1 amide bonds. The van der Waals surface area contributed by atoms with Crippen LogP contribution in [0.2, 0.25) is 0 Å². The molecule has 3 rings (SSSR count). The zero-order chi connectivity index (χ0) is 21.9. The summed E-state index contributed by atoms with van der Waals surface area (Å²) in [7, 11) is 2.51. The molecule has 0 aromatic heterocycles. The molecule has 0 bridgehead atoms. The largest absolute Gasteiger partial charge is 0.465 e. The predicted molar refractivity (Wildman–Crippen MR) is 105 cm³/mol. The lowest BCUT2D eigenvalue weighted by Crippen LogP contribution is -2.60. The first kappa shape index (κ1) is 22.0. The molecule has 9 heteroatoms. The summed E-state index contributed by atoms with van der Waals surface area (Å²) in [6.07, 6.45) is 0.292. The number of esters is 2. The van der Waals surface area contributed by atoms with Crippen LogP contribution in [-0.4, -0.2) is 54.6 Å². The zero-order valence-electron chi connectivity index (χ0n) is 17.7. The molecule has 1 aromatic carbocycles. The van der Waals surface area contributed by atoms with E-state index in [-0.39, 0.29) is 12.7 Å². The molecule has 0 spiro atoms. The van der Waals surface area contributed by atoms with Crippen molar-refractivity contribution in [3.8, 4) is 0 Å². The minimum Gasteiger partial charge on any atom is -0.465 e. The molecule has 0 unspecified atom stereocenters. The molecule has 1 saturated carbocycles. The second-order valence-corrected chi connectivity index (χ2v) is 7.75. The van der Waals surface area contributed by atoms with Crippen LogP contribution in [0.1, 0.15) is 38.7 Å². The van der Waals surface area contributed by atoms with Crippen LogP contribution in [0, 0.1) is 5.92 Å². The minimum atomic E-state index is -1.85. The van der Waals surface area contributed by atoms with E-state index in [2.05, 4.69) is 5.43 Å². The molecule has 2 fully saturated rings. The summed E-state index contributed by atoms with van der Waals surface area (Å²) in [6, 6.07) is 9.13. The molecule has 1 saturated heterocycles. The standard InChI is InChI=1S/C21H28N2O7/c1-14(2)30-17(24)20-12-8-11-16(20)21(28-4,18(25)27-3)23(22-20)19(26)29-13-15-9-6-5-7-10-15/h5-7,9-10,14,16,22H,8,11-13H2,1-4H3/t16-,20+,21+/m0/s1. The lowest BCUT2D eigenvalue weighted by molar-refractivity contribution is -0.196. The van der Waals surface area contributed by atoms with Crippen molar-refractivity contribution in [3.63, 3.8) is 0 Å². The highest BCUT2D eigenvalue weighted by molar-refractivity contribution is 5.91. The number of hydrazine groups is 1. The molecule has 30 heavy (non-hydrogen) atoms. The number of nitrogens with zero attached hydrogens (tertiary/aromatic N) is 1. The van der Waals surface area contributed by atoms with E-state index in [0.717, 1.165) is 10.6 Å². The van der Waals surface area contributed by atoms with Crippen molar-refractivity contribution in [1.82, 2.24) is 10.4 Å². The molecule has 0 radical (unpaired) electrons. The van der Waals surface area contributed by atoms with Gasteiger partial charge in [0.15, 0.2) is 0 Å². The lowest BCUT2D eigenvalue weighted by Gasteiger charge is -2.35. The number of ether oxygens (including phenoxy) is 4. The van der Waals surface area contributed by atoms with Crippen molar-refractivity contribution < 1.29 is 33.3 Å². The van der Waals surface area contributed by atoms with Crippen molar-refractivity contribution in [2.75, 3.05) is 14.2 Å². The summed E-state index contributed by atoms with van der Waals surface area (Å²) < 4.78 is 21.5. The SMILES string of the molecule is COC(=O)[C@]1(OC)[C@H]2CCC[C@@]2(C(=O)OC(C)C)NN1C(=O)OCc1ccccc1. The van der Waals surface area contributed by atoms with Gasteiger partial charge in [0.1, 0.15) is 12.1 Å². The molecule has 1 heterocycles. The fourth-order valence-corrected chi connectivity index (χ4v) is 4.38. The number of carbonyl (C=O) groups is 3. The minimum absolute atomic E-state index is 0.00702. The second-order valence-electron chi connectivity index (χ2n) is 7.75. The van der Waals surface area contributed by atoms with Crippen LogP contribution < -0.4 is 5.43 Å². The fourth-order valence-electron chi connectivity index (χ4n) is 4.38. The fraction of sp³-hybridized carbons (Fsp3) is 0.571. The Hall–Kier alpha value is -2.65. The molecular formula is C21H28N2O7. The Balaban J connectivity index is 1.94. The highest BCUT2D eigenvalue weighted by Crippen LogP contribution is 2.51. The second kappa shape index (κ2) is 8.61. The normalized spacial score (nSPS) is 27.6. The van der Waals surface area contributed by atoms with Crippen LogP contribution in [0.15, 0.2) is 30.3 Å². The average Bonchev–Trinajstić information content (AvgIpc) is 3.28. The van der Waals surface area contributed by atoms with Crippen molar-refractivity contribution in [2.45, 2.75) is 57.1 Å². The third kappa shape index (κ3) is 3.52. The number of amides is 1. The Labute approximate surface area is 175 Å². The first-order chi connectivity index (χ1) is 14.3. The topological polar surface area (TPSA) is 103 Å². The van der Waals surface area contributed by atoms with Crippen LogP contribution in [0.5, 0.6) is 0 Å². The first-order valence-corrected chi connectivity index (χ1v) is 9.95. The maximum atomic E-state index is 13.1. The van der Waals surface area contributed by atoms with Crippen LogP contribution in [0.3, 0.4) is 0 Å². The van der Waals surface area contributed by atoms with Crippen LogP contribution in [0.25, 0.3) is 0 Å². The monoisotopic (exact) mass is 420 g/mol. The number of carbonyl (C=O) groups excluding carboxylic acids is 3. The van der Waals surface area contributed by atoms with Crippen molar-refractivity contribution >= 4 is 18.0 Å². The number of rotatable bonds is 6. The van der Waals surface area contributed by atoms with Gasteiger partial charge in [-0.1, -0.05) is 36.8 Å². The van der Waals surface area contributed by atoms with Gasteiger partial charge in [-0.25, -0.2) is 19.8 Å². The van der Waals surface area contributed by atoms with Gasteiger partial charge in [-0.3, -0.25) is 0 Å². The smallest absolute Gasteiger partial charge is 0.427 e. The third-order valence-electron chi connectivity index (χ3n) is 5.66. The van der Waals surface area contributed by atoms with Gasteiger partial charge in [0, 0.05) is 7.11 Å². The maximum Gasteiger partial charge on any atom is 0.427 e. The van der Waals surface area contributed by atoms with E-state index >= 15 is 0 Å². The molecule has 164 valence electrons. The number of fused-ring (bicyclic) bond motifs is 1. The first-order valence-electron chi connectivity index (χ1n) is 9.95. The Morgan fingerprint density at radius 1 is 1.17 bits per heavy atom. The Morgan fingerprint density at radius 3 is 2.47 bits per heavy atom. The molecule has 3 atom stereocenters. The Bertz CT molecular complexity index is 800. The summed E-state index contributed by atoms with van der Waals surface area (Å²) in [5, 5.41) is 0.952. The molecule has 1 aliphatic carbocycles. The van der Waals surface area contributed by atoms with Gasteiger partial charge in [-0.2, -0.15) is 5.01 Å². The van der Waals surface area contributed by atoms with Crippen molar-refractivity contribution in [2.24, 2.45) is 5.92 Å². The van der Waals surface area contributed by atoms with E-state index in [1.807, 2.05) is 30.3 Å². The molecular weight excluding hydrogens is 392 g/mol. The van der Waals surface area contributed by atoms with Gasteiger partial charge in [0.2, 0.25) is 0 Å². The van der Waals surface area contributed by atoms with Crippen LogP contribution in [-0.2, 0) is 35.1 Å². The van der Waals surface area contributed by atoms with E-state index in [9.17, 15) is 14.4 Å². The van der Waals surface area contributed by atoms with Gasteiger partial charge >= 0.3 is 18.0 Å². The van der Waals surface area contributed by atoms with E-state index in [4.69, 9.17) is 18.9 Å². The highest BCUT2D eigenvalue weighted by atomic mass is 16.6. The van der Waals surface area contributed by atoms with Crippen molar-refractivity contribution in [3.05, 3.63) is 35.9 Å². The van der Waals surface area contributed by atoms with Crippen LogP contribution in [0.4, 0.5) is 4.79 Å². The molecule has 2 aliphatic rings. The zero-order valence-corrected chi connectivity index (χ0v) is 17.7. The van der Waals surface area contributed by atoms with Crippen LogP contribution >= 0.6 is 0 Å². The third-order valence-corrected chi connectivity index (χ3v) is 5.66. The van der Waals surface area contributed by atoms with E-state index in [0.29, 0.717) is 19.3 Å². The Morgan fingerprint density at radius 2 is 1.87 bits per heavy atom. The maximum absolute atomic E-state index is 13.1. The Kier molecular flexibility index (Phi) is 6.33. The summed E-state index contributed by atoms with van der Waals surface area (Å²) in [6.45, 7) is 3.47. The van der Waals surface area contributed by atoms with E-state index < -0.39 is 35.2 Å². The molecule has 1 aliphatic heterocycles. The number of benzene rings is 1. The summed E-state index contributed by atoms with van der Waals surface area (Å²) in [5.74, 6) is -2.03. The van der Waals surface area contributed by atoms with E-state index in [1.165, 1.54) is 14.2 Å². The average molecular weight is 420 g/mol. The van der Waals surface area contributed by atoms with Gasteiger partial charge in [0.05, 0.1) is 19.1 Å². The van der Waals surface area contributed by atoms with E-state index in [1.54, 1.807) is 13.8 Å². The molecule has 1 aromatic rings. The molecule has 1 N–H and O–H groups in total. The summed E-state index contributed by atoms with van der Waals surface area (Å²) in [4.78, 5) is 39.0. The predicted octanol–water partition coefficient (Wildman–Crippen LogP) is 2.15. The van der Waals surface area contributed by atoms with Gasteiger partial charge in [-0.15, -0.1) is 0 Å². The van der Waals surface area contributed by atoms with Gasteiger partial charge in [0.25, 0.3) is 5.72 Å². The van der Waals surface area contributed by atoms with Crippen molar-refractivity contribution in [1.29, 1.82) is 0 Å². The number of methoxy groups -OCH3 is 2.